The summed E-state index contributed by atoms with van der Waals surface area (Å²) in [6, 6.07) is 0.580. The van der Waals surface area contributed by atoms with Crippen molar-refractivity contribution >= 4 is 0 Å². The van der Waals surface area contributed by atoms with E-state index in [4.69, 9.17) is 4.74 Å². The number of rotatable bonds is 6. The van der Waals surface area contributed by atoms with Crippen molar-refractivity contribution in [1.29, 1.82) is 0 Å². The fraction of sp³-hybridized carbons (Fsp3) is 1.00. The first-order chi connectivity index (χ1) is 7.29. The smallest absolute Gasteiger partial charge is 0.0623 e. The molecule has 15 heavy (non-hydrogen) atoms. The second-order valence-electron chi connectivity index (χ2n) is 5.13. The first-order valence-electron chi connectivity index (χ1n) is 6.29. The first-order valence-corrected chi connectivity index (χ1v) is 6.29. The molecule has 2 rings (SSSR count). The van der Waals surface area contributed by atoms with Crippen LogP contribution in [0, 0.1) is 11.8 Å². The minimum Gasteiger partial charge on any atom is -0.379 e. The molecule has 1 aliphatic carbocycles. The molecule has 2 unspecified atom stereocenters. The standard InChI is InChI=1S/C12H24N2O/c1-3-13-12-9-15-8-11(12)7-14(2)6-10-4-5-10/h10-13H,3-9H2,1-2H3. The molecule has 3 heteroatoms. The molecular formula is C12H24N2O. The van der Waals surface area contributed by atoms with Crippen LogP contribution in [0.4, 0.5) is 0 Å². The molecule has 0 aromatic rings. The molecule has 3 nitrogen and oxygen atoms in total. The number of likely N-dealkylation sites (N-methyl/N-ethyl adjacent to an activating group) is 1. The third kappa shape index (κ3) is 3.44. The summed E-state index contributed by atoms with van der Waals surface area (Å²) < 4.78 is 5.55. The van der Waals surface area contributed by atoms with Gasteiger partial charge in [0.2, 0.25) is 0 Å². The van der Waals surface area contributed by atoms with Crippen molar-refractivity contribution in [2.45, 2.75) is 25.8 Å². The molecular weight excluding hydrogens is 188 g/mol. The number of nitrogens with zero attached hydrogens (tertiary/aromatic N) is 1. The maximum atomic E-state index is 5.55. The lowest BCUT2D eigenvalue weighted by Crippen LogP contribution is -2.41. The summed E-state index contributed by atoms with van der Waals surface area (Å²) in [6.07, 6.45) is 2.89. The predicted octanol–water partition coefficient (Wildman–Crippen LogP) is 0.953. The molecule has 1 saturated carbocycles. The molecule has 88 valence electrons. The third-order valence-electron chi connectivity index (χ3n) is 3.48. The van der Waals surface area contributed by atoms with Crippen LogP contribution in [0.1, 0.15) is 19.8 Å². The SMILES string of the molecule is CCNC1COCC1CN(C)CC1CC1. The molecule has 0 aromatic heterocycles. The second-order valence-corrected chi connectivity index (χ2v) is 5.13. The van der Waals surface area contributed by atoms with Crippen molar-refractivity contribution < 1.29 is 4.74 Å². The van der Waals surface area contributed by atoms with E-state index < -0.39 is 0 Å². The molecule has 2 atom stereocenters. The first kappa shape index (κ1) is 11.4. The normalized spacial score (nSPS) is 31.4. The maximum Gasteiger partial charge on any atom is 0.0623 e. The Hall–Kier alpha value is -0.120. The molecule has 0 bridgehead atoms. The van der Waals surface area contributed by atoms with Crippen molar-refractivity contribution in [3.8, 4) is 0 Å². The van der Waals surface area contributed by atoms with E-state index in [1.54, 1.807) is 0 Å². The monoisotopic (exact) mass is 212 g/mol. The molecule has 0 aromatic carbocycles. The van der Waals surface area contributed by atoms with E-state index in [1.807, 2.05) is 0 Å². The highest BCUT2D eigenvalue weighted by atomic mass is 16.5. The van der Waals surface area contributed by atoms with Crippen molar-refractivity contribution in [1.82, 2.24) is 10.2 Å². The average Bonchev–Trinajstić information content (AvgIpc) is 2.90. The van der Waals surface area contributed by atoms with Crippen LogP contribution in [0.3, 0.4) is 0 Å². The Morgan fingerprint density at radius 2 is 2.07 bits per heavy atom. The molecule has 2 fully saturated rings. The molecule has 0 spiro atoms. The fourth-order valence-electron chi connectivity index (χ4n) is 2.48. The Labute approximate surface area is 93.2 Å². The summed E-state index contributed by atoms with van der Waals surface area (Å²) >= 11 is 0. The Kier molecular flexibility index (Phi) is 4.00. The fourth-order valence-corrected chi connectivity index (χ4v) is 2.48. The van der Waals surface area contributed by atoms with Crippen LogP contribution in [-0.2, 0) is 4.74 Å². The Balaban J connectivity index is 1.71. The number of hydrogen-bond donors (Lipinski definition) is 1. The highest BCUT2D eigenvalue weighted by molar-refractivity contribution is 4.84. The van der Waals surface area contributed by atoms with Crippen LogP contribution >= 0.6 is 0 Å². The van der Waals surface area contributed by atoms with Gasteiger partial charge in [0, 0.05) is 25.0 Å². The van der Waals surface area contributed by atoms with Crippen molar-refractivity contribution in [3.63, 3.8) is 0 Å². The van der Waals surface area contributed by atoms with Crippen LogP contribution < -0.4 is 5.32 Å². The van der Waals surface area contributed by atoms with Crippen molar-refractivity contribution in [3.05, 3.63) is 0 Å². The molecule has 1 heterocycles. The van der Waals surface area contributed by atoms with Gasteiger partial charge >= 0.3 is 0 Å². The number of hydrogen-bond acceptors (Lipinski definition) is 3. The van der Waals surface area contributed by atoms with Gasteiger partial charge in [-0.15, -0.1) is 0 Å². The van der Waals surface area contributed by atoms with E-state index in [-0.39, 0.29) is 0 Å². The highest BCUT2D eigenvalue weighted by Gasteiger charge is 2.30. The summed E-state index contributed by atoms with van der Waals surface area (Å²) in [4.78, 5) is 2.49. The molecule has 0 amide bonds. The molecule has 1 saturated heterocycles. The van der Waals surface area contributed by atoms with Crippen LogP contribution in [-0.4, -0.2) is 50.8 Å². The Bertz CT molecular complexity index is 194. The van der Waals surface area contributed by atoms with Gasteiger partial charge in [-0.2, -0.15) is 0 Å². The van der Waals surface area contributed by atoms with Crippen molar-refractivity contribution in [2.24, 2.45) is 11.8 Å². The second kappa shape index (κ2) is 5.28. The lowest BCUT2D eigenvalue weighted by molar-refractivity contribution is 0.172. The summed E-state index contributed by atoms with van der Waals surface area (Å²) in [5.74, 6) is 1.68. The third-order valence-corrected chi connectivity index (χ3v) is 3.48. The highest BCUT2D eigenvalue weighted by Crippen LogP contribution is 2.29. The van der Waals surface area contributed by atoms with Gasteiger partial charge in [-0.05, 0) is 32.4 Å². The van der Waals surface area contributed by atoms with Gasteiger partial charge < -0.3 is 15.0 Å². The number of nitrogens with one attached hydrogen (secondary N) is 1. The summed E-state index contributed by atoms with van der Waals surface area (Å²) in [7, 11) is 2.25. The van der Waals surface area contributed by atoms with Crippen LogP contribution in [0.15, 0.2) is 0 Å². The van der Waals surface area contributed by atoms with E-state index >= 15 is 0 Å². The zero-order valence-corrected chi connectivity index (χ0v) is 10.0. The zero-order valence-electron chi connectivity index (χ0n) is 10.0. The van der Waals surface area contributed by atoms with E-state index in [9.17, 15) is 0 Å². The Morgan fingerprint density at radius 3 is 2.73 bits per heavy atom. The van der Waals surface area contributed by atoms with Crippen molar-refractivity contribution in [2.75, 3.05) is 39.9 Å². The summed E-state index contributed by atoms with van der Waals surface area (Å²) in [5.41, 5.74) is 0. The van der Waals surface area contributed by atoms with Crippen LogP contribution in [0.5, 0.6) is 0 Å². The minimum atomic E-state index is 0.580. The van der Waals surface area contributed by atoms with Gasteiger partial charge in [-0.3, -0.25) is 0 Å². The molecule has 1 N–H and O–H groups in total. The molecule has 1 aliphatic heterocycles. The van der Waals surface area contributed by atoms with E-state index in [1.165, 1.54) is 25.9 Å². The van der Waals surface area contributed by atoms with Gasteiger partial charge in [-0.1, -0.05) is 6.92 Å². The van der Waals surface area contributed by atoms with Crippen LogP contribution in [0.2, 0.25) is 0 Å². The van der Waals surface area contributed by atoms with Gasteiger partial charge in [0.15, 0.2) is 0 Å². The average molecular weight is 212 g/mol. The van der Waals surface area contributed by atoms with Crippen LogP contribution in [0.25, 0.3) is 0 Å². The lowest BCUT2D eigenvalue weighted by Gasteiger charge is -2.24. The van der Waals surface area contributed by atoms with E-state index in [2.05, 4.69) is 24.2 Å². The number of ether oxygens (including phenoxy) is 1. The summed E-state index contributed by atoms with van der Waals surface area (Å²) in [6.45, 7) is 7.53. The molecule has 0 radical (unpaired) electrons. The predicted molar refractivity (Wildman–Crippen MR) is 62.0 cm³/mol. The quantitative estimate of drug-likeness (QED) is 0.709. The van der Waals surface area contributed by atoms with Gasteiger partial charge in [0.25, 0.3) is 0 Å². The minimum absolute atomic E-state index is 0.580. The Morgan fingerprint density at radius 1 is 1.27 bits per heavy atom. The maximum absolute atomic E-state index is 5.55. The van der Waals surface area contributed by atoms with Gasteiger partial charge in [0.05, 0.1) is 13.2 Å². The zero-order chi connectivity index (χ0) is 10.7. The van der Waals surface area contributed by atoms with E-state index in [0.717, 1.165) is 25.7 Å². The van der Waals surface area contributed by atoms with Gasteiger partial charge in [0.1, 0.15) is 0 Å². The summed E-state index contributed by atoms with van der Waals surface area (Å²) in [5, 5.41) is 3.52. The molecule has 2 aliphatic rings. The van der Waals surface area contributed by atoms with Gasteiger partial charge in [-0.25, -0.2) is 0 Å². The lowest BCUT2D eigenvalue weighted by atomic mass is 10.0. The largest absolute Gasteiger partial charge is 0.379 e. The van der Waals surface area contributed by atoms with E-state index in [0.29, 0.717) is 12.0 Å². The topological polar surface area (TPSA) is 24.5 Å².